The number of para-hydroxylation sites is 1. The lowest BCUT2D eigenvalue weighted by molar-refractivity contribution is -0.134. The van der Waals surface area contributed by atoms with E-state index < -0.39 is 0 Å². The zero-order valence-electron chi connectivity index (χ0n) is 12.1. The number of likely N-dealkylation sites (N-methyl/N-ethyl adjacent to an activating group) is 1. The molecule has 0 bridgehead atoms. The zero-order chi connectivity index (χ0) is 14.5. The Morgan fingerprint density at radius 1 is 1.30 bits per heavy atom. The minimum absolute atomic E-state index is 0.0487. The van der Waals surface area contributed by atoms with Crippen molar-refractivity contribution in [3.8, 4) is 0 Å². The van der Waals surface area contributed by atoms with Crippen LogP contribution in [0, 0.1) is 11.8 Å². The fraction of sp³-hybridized carbons (Fsp3) is 0.500. The third-order valence-corrected chi connectivity index (χ3v) is 3.79. The molecule has 4 nitrogen and oxygen atoms in total. The van der Waals surface area contributed by atoms with Crippen molar-refractivity contribution in [2.24, 2.45) is 11.8 Å². The number of carbonyl (C=O) groups is 2. The van der Waals surface area contributed by atoms with Gasteiger partial charge in [-0.3, -0.25) is 9.59 Å². The van der Waals surface area contributed by atoms with Gasteiger partial charge in [0.2, 0.25) is 11.8 Å². The van der Waals surface area contributed by atoms with Gasteiger partial charge in [0.05, 0.1) is 6.54 Å². The van der Waals surface area contributed by atoms with Crippen LogP contribution in [0.2, 0.25) is 0 Å². The van der Waals surface area contributed by atoms with Gasteiger partial charge in [0.15, 0.2) is 0 Å². The molecule has 0 radical (unpaired) electrons. The predicted molar refractivity (Wildman–Crippen MR) is 79.2 cm³/mol. The van der Waals surface area contributed by atoms with Gasteiger partial charge in [-0.2, -0.15) is 0 Å². The number of hydrogen-bond acceptors (Lipinski definition) is 2. The van der Waals surface area contributed by atoms with Gasteiger partial charge in [0.1, 0.15) is 0 Å². The Morgan fingerprint density at radius 3 is 2.55 bits per heavy atom. The van der Waals surface area contributed by atoms with Crippen LogP contribution in [0.1, 0.15) is 26.2 Å². The maximum Gasteiger partial charge on any atom is 0.243 e. The third-order valence-electron chi connectivity index (χ3n) is 3.79. The smallest absolute Gasteiger partial charge is 0.243 e. The van der Waals surface area contributed by atoms with E-state index in [1.54, 1.807) is 7.05 Å². The highest BCUT2D eigenvalue weighted by molar-refractivity contribution is 5.94. The van der Waals surface area contributed by atoms with Crippen LogP contribution in [0.4, 0.5) is 5.69 Å². The van der Waals surface area contributed by atoms with Crippen molar-refractivity contribution >= 4 is 17.5 Å². The zero-order valence-corrected chi connectivity index (χ0v) is 12.1. The molecule has 4 heteroatoms. The number of benzene rings is 1. The van der Waals surface area contributed by atoms with E-state index in [4.69, 9.17) is 0 Å². The molecule has 1 unspecified atom stereocenters. The Hall–Kier alpha value is -1.84. The Bertz CT molecular complexity index is 469. The summed E-state index contributed by atoms with van der Waals surface area (Å²) in [5.74, 6) is 1.03. The van der Waals surface area contributed by atoms with E-state index in [1.165, 1.54) is 17.7 Å². The lowest BCUT2D eigenvalue weighted by Gasteiger charge is -2.19. The molecule has 108 valence electrons. The molecule has 0 saturated heterocycles. The highest BCUT2D eigenvalue weighted by Gasteiger charge is 2.30. The van der Waals surface area contributed by atoms with Crippen LogP contribution in [-0.4, -0.2) is 30.3 Å². The first-order chi connectivity index (χ1) is 9.56. The van der Waals surface area contributed by atoms with E-state index in [-0.39, 0.29) is 18.4 Å². The maximum atomic E-state index is 12.0. The molecular weight excluding hydrogens is 252 g/mol. The fourth-order valence-electron chi connectivity index (χ4n) is 2.29. The highest BCUT2D eigenvalue weighted by atomic mass is 16.2. The number of anilines is 1. The first-order valence-corrected chi connectivity index (χ1v) is 7.15. The molecule has 0 aromatic heterocycles. The molecule has 1 aromatic rings. The predicted octanol–water partition coefficient (Wildman–Crippen LogP) is 2.52. The van der Waals surface area contributed by atoms with E-state index in [0.717, 1.165) is 5.69 Å². The Labute approximate surface area is 120 Å². The van der Waals surface area contributed by atoms with Crippen molar-refractivity contribution in [1.29, 1.82) is 0 Å². The van der Waals surface area contributed by atoms with Gasteiger partial charge < -0.3 is 10.2 Å². The molecule has 1 aliphatic carbocycles. The van der Waals surface area contributed by atoms with Crippen LogP contribution in [0.15, 0.2) is 30.3 Å². The number of nitrogens with zero attached hydrogens (tertiary/aromatic N) is 1. The second-order valence-corrected chi connectivity index (χ2v) is 5.68. The second-order valence-electron chi connectivity index (χ2n) is 5.68. The van der Waals surface area contributed by atoms with Crippen molar-refractivity contribution < 1.29 is 9.59 Å². The summed E-state index contributed by atoms with van der Waals surface area (Å²) in [6.45, 7) is 2.22. The van der Waals surface area contributed by atoms with E-state index in [2.05, 4.69) is 12.2 Å². The Morgan fingerprint density at radius 2 is 1.95 bits per heavy atom. The minimum atomic E-state index is -0.161. The summed E-state index contributed by atoms with van der Waals surface area (Å²) in [5, 5.41) is 2.78. The number of amides is 2. The SMILES string of the molecule is CC(CC(=O)N(C)CC(=O)Nc1ccccc1)C1CC1. The van der Waals surface area contributed by atoms with E-state index >= 15 is 0 Å². The molecular formula is C16H22N2O2. The van der Waals surface area contributed by atoms with Crippen LogP contribution in [0.3, 0.4) is 0 Å². The van der Waals surface area contributed by atoms with Crippen molar-refractivity contribution in [3.05, 3.63) is 30.3 Å². The summed E-state index contributed by atoms with van der Waals surface area (Å²) in [7, 11) is 1.69. The van der Waals surface area contributed by atoms with Gasteiger partial charge >= 0.3 is 0 Å². The maximum absolute atomic E-state index is 12.0. The molecule has 2 amide bonds. The molecule has 1 atom stereocenters. The average Bonchev–Trinajstić information content (AvgIpc) is 3.23. The molecule has 0 aliphatic heterocycles. The van der Waals surface area contributed by atoms with Crippen LogP contribution in [0.5, 0.6) is 0 Å². The summed E-state index contributed by atoms with van der Waals surface area (Å²) < 4.78 is 0. The minimum Gasteiger partial charge on any atom is -0.336 e. The normalized spacial score (nSPS) is 15.5. The van der Waals surface area contributed by atoms with E-state index in [0.29, 0.717) is 18.3 Å². The topological polar surface area (TPSA) is 49.4 Å². The van der Waals surface area contributed by atoms with Crippen molar-refractivity contribution in [3.63, 3.8) is 0 Å². The van der Waals surface area contributed by atoms with Crippen LogP contribution < -0.4 is 5.32 Å². The third kappa shape index (κ3) is 4.37. The fourth-order valence-corrected chi connectivity index (χ4v) is 2.29. The van der Waals surface area contributed by atoms with Crippen molar-refractivity contribution in [2.75, 3.05) is 18.9 Å². The molecule has 0 heterocycles. The quantitative estimate of drug-likeness (QED) is 0.866. The van der Waals surface area contributed by atoms with Gasteiger partial charge in [-0.05, 0) is 36.8 Å². The molecule has 1 N–H and O–H groups in total. The van der Waals surface area contributed by atoms with Crippen LogP contribution in [-0.2, 0) is 9.59 Å². The van der Waals surface area contributed by atoms with Crippen LogP contribution in [0.25, 0.3) is 0 Å². The first-order valence-electron chi connectivity index (χ1n) is 7.15. The van der Waals surface area contributed by atoms with E-state index in [9.17, 15) is 9.59 Å². The first kappa shape index (κ1) is 14.6. The average molecular weight is 274 g/mol. The highest BCUT2D eigenvalue weighted by Crippen LogP contribution is 2.38. The van der Waals surface area contributed by atoms with Gasteiger partial charge in [-0.1, -0.05) is 25.1 Å². The molecule has 1 fully saturated rings. The molecule has 1 aliphatic rings. The molecule has 1 aromatic carbocycles. The van der Waals surface area contributed by atoms with Crippen LogP contribution >= 0.6 is 0 Å². The number of rotatable bonds is 6. The Kier molecular flexibility index (Phi) is 4.77. The summed E-state index contributed by atoms with van der Waals surface area (Å²) in [5.41, 5.74) is 0.754. The monoisotopic (exact) mass is 274 g/mol. The van der Waals surface area contributed by atoms with Crippen molar-refractivity contribution in [1.82, 2.24) is 4.90 Å². The second kappa shape index (κ2) is 6.55. The summed E-state index contributed by atoms with van der Waals surface area (Å²) in [6, 6.07) is 9.28. The summed E-state index contributed by atoms with van der Waals surface area (Å²) >= 11 is 0. The largest absolute Gasteiger partial charge is 0.336 e. The number of nitrogens with one attached hydrogen (secondary N) is 1. The van der Waals surface area contributed by atoms with E-state index in [1.807, 2.05) is 30.3 Å². The molecule has 20 heavy (non-hydrogen) atoms. The number of carbonyl (C=O) groups excluding carboxylic acids is 2. The van der Waals surface area contributed by atoms with Gasteiger partial charge in [-0.15, -0.1) is 0 Å². The molecule has 2 rings (SSSR count). The molecule has 0 spiro atoms. The Balaban J connectivity index is 1.76. The lowest BCUT2D eigenvalue weighted by Crippen LogP contribution is -2.35. The lowest BCUT2D eigenvalue weighted by atomic mass is 10.0. The van der Waals surface area contributed by atoms with Gasteiger partial charge in [-0.25, -0.2) is 0 Å². The standard InChI is InChI=1S/C16H22N2O2/c1-12(13-8-9-13)10-16(20)18(2)11-15(19)17-14-6-4-3-5-7-14/h3-7,12-13H,8-11H2,1-2H3,(H,17,19). The van der Waals surface area contributed by atoms with Crippen molar-refractivity contribution in [2.45, 2.75) is 26.2 Å². The molecule has 1 saturated carbocycles. The summed E-state index contributed by atoms with van der Waals surface area (Å²) in [6.07, 6.45) is 3.03. The van der Waals surface area contributed by atoms with Gasteiger partial charge in [0.25, 0.3) is 0 Å². The van der Waals surface area contributed by atoms with Gasteiger partial charge in [0, 0.05) is 19.2 Å². The number of hydrogen-bond donors (Lipinski definition) is 1. The summed E-state index contributed by atoms with van der Waals surface area (Å²) in [4.78, 5) is 25.4.